The molecular formula is C27H38N8O3. The summed E-state index contributed by atoms with van der Waals surface area (Å²) in [6.45, 7) is 9.30. The van der Waals surface area contributed by atoms with Crippen LogP contribution in [-0.4, -0.2) is 94.6 Å². The van der Waals surface area contributed by atoms with E-state index in [9.17, 15) is 14.4 Å². The van der Waals surface area contributed by atoms with E-state index in [0.717, 1.165) is 49.6 Å². The SMILES string of the molecule is CNCC1C2CN(Cc3ccc(-n4ccc(NC(=O)N5CCN(C(=O)C(C)(C)N)CC5)nc4=O)cc3)CC12. The van der Waals surface area contributed by atoms with Gasteiger partial charge in [0.15, 0.2) is 0 Å². The molecule has 2 aromatic rings. The molecule has 1 aromatic carbocycles. The van der Waals surface area contributed by atoms with E-state index in [1.165, 1.54) is 10.1 Å². The largest absolute Gasteiger partial charge is 0.354 e. The number of piperidine rings is 1. The maximum atomic E-state index is 12.7. The monoisotopic (exact) mass is 522 g/mol. The van der Waals surface area contributed by atoms with Crippen molar-refractivity contribution in [3.8, 4) is 5.69 Å². The topological polar surface area (TPSA) is 129 Å². The van der Waals surface area contributed by atoms with Crippen molar-refractivity contribution in [3.05, 3.63) is 52.6 Å². The summed E-state index contributed by atoms with van der Waals surface area (Å²) in [4.78, 5) is 47.6. The number of nitrogens with one attached hydrogen (secondary N) is 2. The van der Waals surface area contributed by atoms with Crippen molar-refractivity contribution in [3.63, 3.8) is 0 Å². The number of nitrogens with zero attached hydrogens (tertiary/aromatic N) is 5. The summed E-state index contributed by atoms with van der Waals surface area (Å²) >= 11 is 0. The Balaban J connectivity index is 1.13. The molecule has 5 rings (SSSR count). The van der Waals surface area contributed by atoms with E-state index >= 15 is 0 Å². The lowest BCUT2D eigenvalue weighted by molar-refractivity contribution is -0.137. The van der Waals surface area contributed by atoms with E-state index in [1.54, 1.807) is 35.9 Å². The Kier molecular flexibility index (Phi) is 7.26. The number of anilines is 1. The van der Waals surface area contributed by atoms with Crippen LogP contribution < -0.4 is 22.1 Å². The molecular weight excluding hydrogens is 484 g/mol. The fourth-order valence-electron chi connectivity index (χ4n) is 5.80. The second kappa shape index (κ2) is 10.5. The number of fused-ring (bicyclic) bond motifs is 1. The minimum Gasteiger partial charge on any atom is -0.338 e. The summed E-state index contributed by atoms with van der Waals surface area (Å²) in [5.74, 6) is 2.57. The smallest absolute Gasteiger partial charge is 0.338 e. The summed E-state index contributed by atoms with van der Waals surface area (Å²) in [6.07, 6.45) is 1.62. The number of amides is 3. The van der Waals surface area contributed by atoms with Crippen LogP contribution in [0.4, 0.5) is 10.6 Å². The lowest BCUT2D eigenvalue weighted by Crippen LogP contribution is -2.58. The zero-order valence-electron chi connectivity index (χ0n) is 22.4. The standard InChI is InChI=1S/C27H38N8O3/c1-27(2,28)24(36)33-10-12-34(13-11-33)25(37)30-23-8-9-35(26(38)31-23)19-6-4-18(5-7-19)15-32-16-21-20(14-29-3)22(21)17-32/h4-9,20-22,29H,10-17,28H2,1-3H3,(H,30,31,37,38). The number of benzene rings is 1. The van der Waals surface area contributed by atoms with Gasteiger partial charge in [-0.2, -0.15) is 4.98 Å². The molecule has 0 radical (unpaired) electrons. The van der Waals surface area contributed by atoms with Crippen LogP contribution in [0.2, 0.25) is 0 Å². The molecule has 38 heavy (non-hydrogen) atoms. The highest BCUT2D eigenvalue weighted by atomic mass is 16.2. The predicted molar refractivity (Wildman–Crippen MR) is 145 cm³/mol. The molecule has 1 aromatic heterocycles. The molecule has 204 valence electrons. The second-order valence-corrected chi connectivity index (χ2v) is 11.3. The average Bonchev–Trinajstić information content (AvgIpc) is 3.33. The minimum atomic E-state index is -0.942. The predicted octanol–water partition coefficient (Wildman–Crippen LogP) is 0.543. The maximum Gasteiger partial charge on any atom is 0.354 e. The van der Waals surface area contributed by atoms with Crippen LogP contribution in [0.15, 0.2) is 41.3 Å². The van der Waals surface area contributed by atoms with Crippen LogP contribution in [0.3, 0.4) is 0 Å². The summed E-state index contributed by atoms with van der Waals surface area (Å²) in [7, 11) is 2.02. The van der Waals surface area contributed by atoms with Gasteiger partial charge in [-0.3, -0.25) is 19.6 Å². The number of rotatable bonds is 7. The van der Waals surface area contributed by atoms with Gasteiger partial charge in [0.25, 0.3) is 0 Å². The molecule has 2 atom stereocenters. The van der Waals surface area contributed by atoms with Gasteiger partial charge in [-0.1, -0.05) is 12.1 Å². The second-order valence-electron chi connectivity index (χ2n) is 11.3. The van der Waals surface area contributed by atoms with E-state index in [1.807, 2.05) is 19.2 Å². The van der Waals surface area contributed by atoms with Crippen molar-refractivity contribution < 1.29 is 9.59 Å². The third-order valence-electron chi connectivity index (χ3n) is 7.95. The van der Waals surface area contributed by atoms with Gasteiger partial charge in [-0.25, -0.2) is 9.59 Å². The Hall–Kier alpha value is -3.28. The summed E-state index contributed by atoms with van der Waals surface area (Å²) in [5.41, 5.74) is 6.45. The first-order valence-electron chi connectivity index (χ1n) is 13.3. The zero-order valence-corrected chi connectivity index (χ0v) is 22.4. The van der Waals surface area contributed by atoms with Gasteiger partial charge < -0.3 is 20.9 Å². The molecule has 1 aliphatic carbocycles. The van der Waals surface area contributed by atoms with Crippen LogP contribution in [-0.2, 0) is 11.3 Å². The fraction of sp³-hybridized carbons (Fsp3) is 0.556. The van der Waals surface area contributed by atoms with Crippen LogP contribution in [0.5, 0.6) is 0 Å². The van der Waals surface area contributed by atoms with Crippen molar-refractivity contribution >= 4 is 17.8 Å². The van der Waals surface area contributed by atoms with E-state index in [2.05, 4.69) is 32.7 Å². The quantitative estimate of drug-likeness (QED) is 0.484. The van der Waals surface area contributed by atoms with Gasteiger partial charge >= 0.3 is 11.7 Å². The molecule has 11 nitrogen and oxygen atoms in total. The van der Waals surface area contributed by atoms with Gasteiger partial charge in [-0.05, 0) is 69.0 Å². The number of carbonyl (C=O) groups excluding carboxylic acids is 2. The summed E-state index contributed by atoms with van der Waals surface area (Å²) in [5, 5.41) is 5.99. The number of carbonyl (C=O) groups is 2. The average molecular weight is 523 g/mol. The minimum absolute atomic E-state index is 0.137. The van der Waals surface area contributed by atoms with Crippen molar-refractivity contribution in [2.24, 2.45) is 23.5 Å². The van der Waals surface area contributed by atoms with E-state index in [4.69, 9.17) is 5.73 Å². The Morgan fingerprint density at radius 3 is 2.24 bits per heavy atom. The van der Waals surface area contributed by atoms with E-state index in [0.29, 0.717) is 26.2 Å². The Morgan fingerprint density at radius 1 is 1.03 bits per heavy atom. The zero-order chi connectivity index (χ0) is 27.0. The molecule has 0 spiro atoms. The van der Waals surface area contributed by atoms with Crippen LogP contribution in [0.1, 0.15) is 19.4 Å². The lowest BCUT2D eigenvalue weighted by Gasteiger charge is -2.37. The molecule has 2 saturated heterocycles. The number of hydrogen-bond acceptors (Lipinski definition) is 7. The normalized spacial score (nSPS) is 23.3. The first-order chi connectivity index (χ1) is 18.1. The van der Waals surface area contributed by atoms with Gasteiger partial charge in [0.1, 0.15) is 5.82 Å². The highest BCUT2D eigenvalue weighted by Crippen LogP contribution is 2.51. The Morgan fingerprint density at radius 2 is 1.66 bits per heavy atom. The Labute approximate surface area is 223 Å². The lowest BCUT2D eigenvalue weighted by atomic mass is 10.1. The molecule has 1 saturated carbocycles. The highest BCUT2D eigenvalue weighted by Gasteiger charge is 2.54. The van der Waals surface area contributed by atoms with Crippen molar-refractivity contribution in [1.29, 1.82) is 0 Å². The molecule has 2 unspecified atom stereocenters. The van der Waals surface area contributed by atoms with Crippen molar-refractivity contribution in [2.75, 3.05) is 58.2 Å². The number of likely N-dealkylation sites (tertiary alicyclic amines) is 1. The summed E-state index contributed by atoms with van der Waals surface area (Å²) < 4.78 is 1.46. The highest BCUT2D eigenvalue weighted by molar-refractivity contribution is 5.89. The number of piperazine rings is 1. The number of aromatic nitrogens is 2. The van der Waals surface area contributed by atoms with Crippen molar-refractivity contribution in [2.45, 2.75) is 25.9 Å². The third kappa shape index (κ3) is 5.59. The summed E-state index contributed by atoms with van der Waals surface area (Å²) in [6, 6.07) is 9.24. The van der Waals surface area contributed by atoms with Crippen LogP contribution >= 0.6 is 0 Å². The molecule has 4 N–H and O–H groups in total. The van der Waals surface area contributed by atoms with Gasteiger partial charge in [0.2, 0.25) is 5.91 Å². The molecule has 0 bridgehead atoms. The first kappa shape index (κ1) is 26.3. The van der Waals surface area contributed by atoms with Gasteiger partial charge in [0.05, 0.1) is 11.2 Å². The molecule has 3 amide bonds. The van der Waals surface area contributed by atoms with E-state index < -0.39 is 11.2 Å². The van der Waals surface area contributed by atoms with Crippen LogP contribution in [0.25, 0.3) is 5.69 Å². The molecule has 3 heterocycles. The van der Waals surface area contributed by atoms with Crippen LogP contribution in [0, 0.1) is 17.8 Å². The third-order valence-corrected chi connectivity index (χ3v) is 7.95. The van der Waals surface area contributed by atoms with E-state index in [-0.39, 0.29) is 17.8 Å². The molecule has 2 aliphatic heterocycles. The van der Waals surface area contributed by atoms with Gasteiger partial charge in [-0.15, -0.1) is 0 Å². The number of hydrogen-bond donors (Lipinski definition) is 3. The molecule has 3 fully saturated rings. The number of nitrogens with two attached hydrogens (primary N) is 1. The first-order valence-corrected chi connectivity index (χ1v) is 13.3. The number of urea groups is 1. The Bertz CT molecular complexity index is 1220. The van der Waals surface area contributed by atoms with Crippen molar-refractivity contribution in [1.82, 2.24) is 29.6 Å². The maximum absolute atomic E-state index is 12.7. The molecule has 11 heteroatoms. The molecule has 3 aliphatic rings. The van der Waals surface area contributed by atoms with Gasteiger partial charge in [0, 0.05) is 52.0 Å². The fourth-order valence-corrected chi connectivity index (χ4v) is 5.80.